The maximum Gasteiger partial charge on any atom is 0.0534 e. The van der Waals surface area contributed by atoms with E-state index in [-0.39, 0.29) is 0 Å². The lowest BCUT2D eigenvalue weighted by atomic mass is 9.98. The van der Waals surface area contributed by atoms with Crippen molar-refractivity contribution in [3.05, 3.63) is 102 Å². The van der Waals surface area contributed by atoms with Crippen molar-refractivity contribution in [2.45, 2.75) is 0 Å². The quantitative estimate of drug-likeness (QED) is 0.382. The highest BCUT2D eigenvalue weighted by Gasteiger charge is 2.12. The fourth-order valence-electron chi connectivity index (χ4n) is 2.96. The molecule has 116 valence electrons. The molecule has 0 aliphatic heterocycles. The van der Waals surface area contributed by atoms with Gasteiger partial charge in [0.2, 0.25) is 0 Å². The normalized spacial score (nSPS) is 10.7. The number of halogens is 1. The van der Waals surface area contributed by atoms with Gasteiger partial charge >= 0.3 is 0 Å². The number of nitrogens with zero attached hydrogens (tertiary/aromatic N) is 1. The largest absolute Gasteiger partial charge is 0.323 e. The molecule has 0 unspecified atom stereocenters. The molecule has 1 aromatic heterocycles. The molecular formula is C22H16BrN. The van der Waals surface area contributed by atoms with E-state index in [0.29, 0.717) is 0 Å². The smallest absolute Gasteiger partial charge is 0.0534 e. The molecule has 1 nitrogen and oxygen atoms in total. The minimum atomic E-state index is 1.10. The van der Waals surface area contributed by atoms with E-state index in [1.54, 1.807) is 0 Å². The third kappa shape index (κ3) is 2.81. The Morgan fingerprint density at radius 2 is 1.12 bits per heavy atom. The molecule has 0 amide bonds. The van der Waals surface area contributed by atoms with Gasteiger partial charge in [0.1, 0.15) is 0 Å². The Balaban J connectivity index is 1.97. The SMILES string of the molecule is Brc1cc(-c2ccccc2)c(-n2cccc2)cc1-c1ccccc1. The molecule has 0 bridgehead atoms. The van der Waals surface area contributed by atoms with E-state index in [4.69, 9.17) is 0 Å². The summed E-state index contributed by atoms with van der Waals surface area (Å²) in [5.41, 5.74) is 5.99. The summed E-state index contributed by atoms with van der Waals surface area (Å²) in [5.74, 6) is 0. The molecule has 0 radical (unpaired) electrons. The van der Waals surface area contributed by atoms with Gasteiger partial charge in [-0.15, -0.1) is 0 Å². The molecule has 0 spiro atoms. The van der Waals surface area contributed by atoms with Crippen LogP contribution in [0.1, 0.15) is 0 Å². The fourth-order valence-corrected chi connectivity index (χ4v) is 3.53. The number of benzene rings is 3. The Kier molecular flexibility index (Phi) is 4.06. The van der Waals surface area contributed by atoms with Crippen LogP contribution in [0.5, 0.6) is 0 Å². The molecule has 0 saturated carbocycles. The molecule has 0 aliphatic rings. The van der Waals surface area contributed by atoms with E-state index in [1.165, 1.54) is 27.9 Å². The number of hydrogen-bond donors (Lipinski definition) is 0. The topological polar surface area (TPSA) is 4.93 Å². The zero-order valence-electron chi connectivity index (χ0n) is 13.1. The maximum atomic E-state index is 3.77. The Bertz CT molecular complexity index is 942. The van der Waals surface area contributed by atoms with Gasteiger partial charge < -0.3 is 4.57 Å². The first kappa shape index (κ1) is 15.0. The van der Waals surface area contributed by atoms with Crippen LogP contribution in [0.3, 0.4) is 0 Å². The van der Waals surface area contributed by atoms with Crippen LogP contribution in [-0.2, 0) is 0 Å². The Labute approximate surface area is 150 Å². The van der Waals surface area contributed by atoms with Gasteiger partial charge in [-0.3, -0.25) is 0 Å². The Hall–Kier alpha value is -2.58. The average molecular weight is 374 g/mol. The number of rotatable bonds is 3. The van der Waals surface area contributed by atoms with Crippen molar-refractivity contribution in [1.29, 1.82) is 0 Å². The van der Waals surface area contributed by atoms with Crippen molar-refractivity contribution in [2.75, 3.05) is 0 Å². The van der Waals surface area contributed by atoms with Crippen LogP contribution in [0, 0.1) is 0 Å². The van der Waals surface area contributed by atoms with Gasteiger partial charge in [-0.25, -0.2) is 0 Å². The third-order valence-electron chi connectivity index (χ3n) is 4.14. The summed E-state index contributed by atoms with van der Waals surface area (Å²) in [7, 11) is 0. The van der Waals surface area contributed by atoms with Crippen LogP contribution in [-0.4, -0.2) is 4.57 Å². The van der Waals surface area contributed by atoms with Crippen molar-refractivity contribution in [1.82, 2.24) is 4.57 Å². The Morgan fingerprint density at radius 3 is 1.71 bits per heavy atom. The van der Waals surface area contributed by atoms with Gasteiger partial charge in [-0.05, 0) is 41.0 Å². The van der Waals surface area contributed by atoms with Crippen molar-refractivity contribution in [2.24, 2.45) is 0 Å². The second kappa shape index (κ2) is 6.50. The Morgan fingerprint density at radius 1 is 0.583 bits per heavy atom. The lowest BCUT2D eigenvalue weighted by Gasteiger charge is -2.15. The molecule has 0 fully saturated rings. The van der Waals surface area contributed by atoms with E-state index in [2.05, 4.69) is 106 Å². The van der Waals surface area contributed by atoms with Gasteiger partial charge in [-0.1, -0.05) is 76.6 Å². The predicted molar refractivity (Wildman–Crippen MR) is 104 cm³/mol. The monoisotopic (exact) mass is 373 g/mol. The number of aromatic nitrogens is 1. The summed E-state index contributed by atoms with van der Waals surface area (Å²) in [4.78, 5) is 0. The zero-order valence-corrected chi connectivity index (χ0v) is 14.6. The standard InChI is InChI=1S/C22H16BrN/c23-21-15-20(18-11-5-2-6-12-18)22(24-13-7-8-14-24)16-19(21)17-9-3-1-4-10-17/h1-16H. The van der Waals surface area contributed by atoms with Gasteiger partial charge in [0, 0.05) is 22.4 Å². The van der Waals surface area contributed by atoms with Gasteiger partial charge in [0.05, 0.1) is 5.69 Å². The van der Waals surface area contributed by atoms with Crippen LogP contribution in [0.25, 0.3) is 27.9 Å². The van der Waals surface area contributed by atoms with Crippen molar-refractivity contribution in [3.63, 3.8) is 0 Å². The minimum absolute atomic E-state index is 1.10. The van der Waals surface area contributed by atoms with E-state index >= 15 is 0 Å². The van der Waals surface area contributed by atoms with E-state index in [1.807, 2.05) is 12.1 Å². The summed E-state index contributed by atoms with van der Waals surface area (Å²) in [6, 6.07) is 29.5. The summed E-state index contributed by atoms with van der Waals surface area (Å²) in [5, 5.41) is 0. The van der Waals surface area contributed by atoms with Crippen molar-refractivity contribution in [3.8, 4) is 27.9 Å². The molecular weight excluding hydrogens is 358 g/mol. The molecule has 4 aromatic rings. The molecule has 1 heterocycles. The fraction of sp³-hybridized carbons (Fsp3) is 0. The van der Waals surface area contributed by atoms with E-state index in [0.717, 1.165) is 4.47 Å². The average Bonchev–Trinajstić information content (AvgIpc) is 3.17. The first-order valence-corrected chi connectivity index (χ1v) is 8.70. The van der Waals surface area contributed by atoms with Gasteiger partial charge in [0.15, 0.2) is 0 Å². The molecule has 0 saturated heterocycles. The minimum Gasteiger partial charge on any atom is -0.323 e. The van der Waals surface area contributed by atoms with Crippen LogP contribution >= 0.6 is 15.9 Å². The molecule has 24 heavy (non-hydrogen) atoms. The summed E-state index contributed by atoms with van der Waals surface area (Å²) < 4.78 is 3.27. The van der Waals surface area contributed by atoms with Crippen molar-refractivity contribution < 1.29 is 0 Å². The van der Waals surface area contributed by atoms with Crippen LogP contribution in [0.4, 0.5) is 0 Å². The second-order valence-corrected chi connectivity index (χ2v) is 6.53. The lowest BCUT2D eigenvalue weighted by molar-refractivity contribution is 1.08. The lowest BCUT2D eigenvalue weighted by Crippen LogP contribution is -1.96. The first-order valence-electron chi connectivity index (χ1n) is 7.91. The van der Waals surface area contributed by atoms with E-state index < -0.39 is 0 Å². The maximum absolute atomic E-state index is 3.77. The van der Waals surface area contributed by atoms with Crippen LogP contribution in [0.15, 0.2) is 102 Å². The van der Waals surface area contributed by atoms with E-state index in [9.17, 15) is 0 Å². The molecule has 0 aliphatic carbocycles. The predicted octanol–water partition coefficient (Wildman–Crippen LogP) is 6.57. The number of hydrogen-bond acceptors (Lipinski definition) is 0. The van der Waals surface area contributed by atoms with Crippen molar-refractivity contribution >= 4 is 15.9 Å². The zero-order chi connectivity index (χ0) is 16.4. The molecule has 2 heteroatoms. The van der Waals surface area contributed by atoms with Gasteiger partial charge in [-0.2, -0.15) is 0 Å². The van der Waals surface area contributed by atoms with Gasteiger partial charge in [0.25, 0.3) is 0 Å². The summed E-state index contributed by atoms with van der Waals surface area (Å²) >= 11 is 3.77. The molecule has 4 rings (SSSR count). The molecule has 0 atom stereocenters. The first-order chi connectivity index (χ1) is 11.8. The summed E-state index contributed by atoms with van der Waals surface area (Å²) in [6.45, 7) is 0. The molecule has 3 aromatic carbocycles. The molecule has 0 N–H and O–H groups in total. The third-order valence-corrected chi connectivity index (χ3v) is 4.79. The summed E-state index contributed by atoms with van der Waals surface area (Å²) in [6.07, 6.45) is 4.18. The highest BCUT2D eigenvalue weighted by Crippen LogP contribution is 2.37. The highest BCUT2D eigenvalue weighted by molar-refractivity contribution is 9.10. The highest BCUT2D eigenvalue weighted by atomic mass is 79.9. The second-order valence-electron chi connectivity index (χ2n) is 5.67. The van der Waals surface area contributed by atoms with Crippen LogP contribution in [0.2, 0.25) is 0 Å². The van der Waals surface area contributed by atoms with Crippen LogP contribution < -0.4 is 0 Å².